The number of rotatable bonds is 4. The summed E-state index contributed by atoms with van der Waals surface area (Å²) in [4.78, 5) is 8.15. The Kier molecular flexibility index (Phi) is 5.09. The zero-order valence-corrected chi connectivity index (χ0v) is 14.6. The van der Waals surface area contributed by atoms with Crippen molar-refractivity contribution in [3.8, 4) is 0 Å². The number of aromatic nitrogens is 4. The Labute approximate surface area is 148 Å². The van der Waals surface area contributed by atoms with Gasteiger partial charge in [0.25, 0.3) is 0 Å². The second kappa shape index (κ2) is 7.12. The molecule has 0 atom stereocenters. The van der Waals surface area contributed by atoms with Crippen LogP contribution >= 0.6 is 12.2 Å². The number of halogens is 3. The average molecular weight is 372 g/mol. The highest BCUT2D eigenvalue weighted by molar-refractivity contribution is 7.71. The molecule has 0 amide bonds. The van der Waals surface area contributed by atoms with Crippen molar-refractivity contribution in [2.75, 3.05) is 31.1 Å². The largest absolute Gasteiger partial charge is 0.417 e. The Hall–Kier alpha value is -1.94. The summed E-state index contributed by atoms with van der Waals surface area (Å²) in [6.45, 7) is 6.33. The summed E-state index contributed by atoms with van der Waals surface area (Å²) in [7, 11) is 0. The lowest BCUT2D eigenvalue weighted by atomic mass is 10.2. The zero-order chi connectivity index (χ0) is 18.0. The normalized spacial score (nSPS) is 16.4. The highest BCUT2D eigenvalue weighted by Crippen LogP contribution is 2.29. The first kappa shape index (κ1) is 17.9. The molecule has 10 heteroatoms. The number of anilines is 1. The fourth-order valence-electron chi connectivity index (χ4n) is 2.73. The van der Waals surface area contributed by atoms with Gasteiger partial charge in [0.15, 0.2) is 4.77 Å². The summed E-state index contributed by atoms with van der Waals surface area (Å²) in [6.07, 6.45) is -1.74. The first-order valence-corrected chi connectivity index (χ1v) is 8.42. The monoisotopic (exact) mass is 372 g/mol. The van der Waals surface area contributed by atoms with Crippen molar-refractivity contribution in [3.05, 3.63) is 35.0 Å². The van der Waals surface area contributed by atoms with Crippen LogP contribution in [0.4, 0.5) is 19.0 Å². The number of aryl methyl sites for hydroxylation is 1. The summed E-state index contributed by atoms with van der Waals surface area (Å²) in [5, 5.41) is 4.29. The van der Waals surface area contributed by atoms with E-state index in [0.29, 0.717) is 30.3 Å². The van der Waals surface area contributed by atoms with E-state index in [2.05, 4.69) is 15.0 Å². The maximum atomic E-state index is 12.6. The van der Waals surface area contributed by atoms with Crippen molar-refractivity contribution in [1.29, 1.82) is 0 Å². The van der Waals surface area contributed by atoms with Gasteiger partial charge in [0.1, 0.15) is 12.1 Å². The van der Waals surface area contributed by atoms with Gasteiger partial charge in [-0.15, -0.1) is 0 Å². The van der Waals surface area contributed by atoms with Crippen molar-refractivity contribution >= 4 is 18.0 Å². The Morgan fingerprint density at radius 3 is 2.40 bits per heavy atom. The summed E-state index contributed by atoms with van der Waals surface area (Å²) in [6, 6.07) is 2.50. The number of pyridine rings is 1. The van der Waals surface area contributed by atoms with Crippen molar-refractivity contribution in [2.24, 2.45) is 0 Å². The number of hydrogen-bond acceptors (Lipinski definition) is 5. The molecule has 25 heavy (non-hydrogen) atoms. The van der Waals surface area contributed by atoms with Gasteiger partial charge in [0.2, 0.25) is 0 Å². The highest BCUT2D eigenvalue weighted by atomic mass is 32.1. The number of nitrogens with zero attached hydrogens (tertiary/aromatic N) is 6. The van der Waals surface area contributed by atoms with Gasteiger partial charge < -0.3 is 9.47 Å². The van der Waals surface area contributed by atoms with Gasteiger partial charge in [-0.1, -0.05) is 0 Å². The van der Waals surface area contributed by atoms with Gasteiger partial charge in [0, 0.05) is 38.9 Å². The summed E-state index contributed by atoms with van der Waals surface area (Å²) >= 11 is 5.36. The second-order valence-corrected chi connectivity index (χ2v) is 6.21. The Balaban J connectivity index is 1.58. The van der Waals surface area contributed by atoms with Crippen molar-refractivity contribution in [3.63, 3.8) is 0 Å². The predicted molar refractivity (Wildman–Crippen MR) is 89.8 cm³/mol. The molecular formula is C15H19F3N6S. The lowest BCUT2D eigenvalue weighted by Gasteiger charge is -2.35. The van der Waals surface area contributed by atoms with Crippen LogP contribution in [0.15, 0.2) is 24.7 Å². The van der Waals surface area contributed by atoms with Crippen LogP contribution in [0.25, 0.3) is 0 Å². The van der Waals surface area contributed by atoms with E-state index in [1.54, 1.807) is 11.0 Å². The van der Waals surface area contributed by atoms with Gasteiger partial charge in [-0.05, 0) is 31.3 Å². The lowest BCUT2D eigenvalue weighted by Crippen LogP contribution is -2.47. The third-order valence-electron chi connectivity index (χ3n) is 4.24. The minimum atomic E-state index is -4.36. The third kappa shape index (κ3) is 4.01. The number of hydrogen-bond donors (Lipinski definition) is 0. The minimum Gasteiger partial charge on any atom is -0.354 e. The summed E-state index contributed by atoms with van der Waals surface area (Å²) < 4.78 is 42.2. The molecule has 0 aliphatic carbocycles. The first-order chi connectivity index (χ1) is 11.9. The van der Waals surface area contributed by atoms with E-state index in [-0.39, 0.29) is 0 Å². The van der Waals surface area contributed by atoms with E-state index in [0.717, 1.165) is 31.9 Å². The second-order valence-electron chi connectivity index (χ2n) is 5.85. The van der Waals surface area contributed by atoms with E-state index in [4.69, 9.17) is 12.2 Å². The van der Waals surface area contributed by atoms with Gasteiger partial charge in [-0.25, -0.2) is 9.67 Å². The molecule has 136 valence electrons. The van der Waals surface area contributed by atoms with Crippen LogP contribution in [-0.4, -0.2) is 50.4 Å². The maximum absolute atomic E-state index is 12.6. The summed E-state index contributed by atoms with van der Waals surface area (Å²) in [5.74, 6) is 0.569. The molecule has 1 aliphatic rings. The molecule has 1 aliphatic heterocycles. The fourth-order valence-corrected chi connectivity index (χ4v) is 3.02. The van der Waals surface area contributed by atoms with Crippen molar-refractivity contribution in [1.82, 2.24) is 24.2 Å². The first-order valence-electron chi connectivity index (χ1n) is 8.01. The molecule has 3 rings (SSSR count). The molecule has 0 spiro atoms. The molecule has 6 nitrogen and oxygen atoms in total. The molecule has 3 heterocycles. The SMILES string of the molecule is CCn1cnn(CN2CCN(c3ccc(C(F)(F)F)cn3)CC2)c1=S. The molecular weight excluding hydrogens is 353 g/mol. The fraction of sp³-hybridized carbons (Fsp3) is 0.533. The molecule has 1 fully saturated rings. The van der Waals surface area contributed by atoms with Crippen LogP contribution < -0.4 is 4.90 Å². The molecule has 0 radical (unpaired) electrons. The quantitative estimate of drug-likeness (QED) is 0.772. The smallest absolute Gasteiger partial charge is 0.354 e. The van der Waals surface area contributed by atoms with E-state index in [9.17, 15) is 13.2 Å². The maximum Gasteiger partial charge on any atom is 0.417 e. The molecule has 1 saturated heterocycles. The topological polar surface area (TPSA) is 42.1 Å². The Morgan fingerprint density at radius 2 is 1.88 bits per heavy atom. The molecule has 2 aromatic heterocycles. The van der Waals surface area contributed by atoms with Gasteiger partial charge in [-0.2, -0.15) is 18.3 Å². The van der Waals surface area contributed by atoms with E-state index in [1.807, 2.05) is 16.4 Å². The Bertz CT molecular complexity index is 759. The molecule has 0 aromatic carbocycles. The van der Waals surface area contributed by atoms with Gasteiger partial charge in [0.05, 0.1) is 12.2 Å². The average Bonchev–Trinajstić information content (AvgIpc) is 2.95. The Morgan fingerprint density at radius 1 is 1.16 bits per heavy atom. The van der Waals surface area contributed by atoms with Crippen LogP contribution in [0, 0.1) is 4.77 Å². The third-order valence-corrected chi connectivity index (χ3v) is 4.69. The minimum absolute atomic E-state index is 0.569. The highest BCUT2D eigenvalue weighted by Gasteiger charge is 2.31. The van der Waals surface area contributed by atoms with Gasteiger partial charge >= 0.3 is 6.18 Å². The van der Waals surface area contributed by atoms with Crippen LogP contribution in [-0.2, 0) is 19.4 Å². The van der Waals surface area contributed by atoms with E-state index >= 15 is 0 Å². The molecule has 0 bridgehead atoms. The molecule has 2 aromatic rings. The molecule has 0 unspecified atom stereocenters. The lowest BCUT2D eigenvalue weighted by molar-refractivity contribution is -0.137. The van der Waals surface area contributed by atoms with Crippen LogP contribution in [0.5, 0.6) is 0 Å². The summed E-state index contributed by atoms with van der Waals surface area (Å²) in [5.41, 5.74) is -0.726. The molecule has 0 N–H and O–H groups in total. The van der Waals surface area contributed by atoms with Crippen molar-refractivity contribution in [2.45, 2.75) is 26.3 Å². The van der Waals surface area contributed by atoms with Crippen LogP contribution in [0.1, 0.15) is 12.5 Å². The van der Waals surface area contributed by atoms with Crippen LogP contribution in [0.3, 0.4) is 0 Å². The number of piperazine rings is 1. The van der Waals surface area contributed by atoms with Gasteiger partial charge in [-0.3, -0.25) is 4.90 Å². The van der Waals surface area contributed by atoms with E-state index in [1.165, 1.54) is 6.07 Å². The predicted octanol–water partition coefficient (Wildman–Crippen LogP) is 2.63. The molecule has 0 saturated carbocycles. The van der Waals surface area contributed by atoms with E-state index < -0.39 is 11.7 Å². The standard InChI is InChI=1S/C15H19F3N6S/c1-2-22-10-20-24(14(22)25)11-21-5-7-23(8-6-21)13-4-3-12(9-19-13)15(16,17)18/h3-4,9-10H,2,5-8,11H2,1H3. The van der Waals surface area contributed by atoms with Crippen molar-refractivity contribution < 1.29 is 13.2 Å². The van der Waals surface area contributed by atoms with Crippen LogP contribution in [0.2, 0.25) is 0 Å². The number of alkyl halides is 3. The zero-order valence-electron chi connectivity index (χ0n) is 13.8.